The fourth-order valence-corrected chi connectivity index (χ4v) is 5.65. The number of carbonyl (C=O) groups is 2. The minimum atomic E-state index is -3.65. The van der Waals surface area contributed by atoms with E-state index in [1.54, 1.807) is 42.5 Å². The predicted molar refractivity (Wildman–Crippen MR) is 168 cm³/mol. The second kappa shape index (κ2) is 16.1. The van der Waals surface area contributed by atoms with E-state index in [2.05, 4.69) is 5.32 Å². The molecule has 0 aromatic heterocycles. The van der Waals surface area contributed by atoms with Crippen molar-refractivity contribution in [3.8, 4) is 5.75 Å². The highest BCUT2D eigenvalue weighted by molar-refractivity contribution is 7.92. The van der Waals surface area contributed by atoms with E-state index in [4.69, 9.17) is 4.74 Å². The van der Waals surface area contributed by atoms with Crippen LogP contribution in [0.15, 0.2) is 78.9 Å². The molecule has 8 nitrogen and oxygen atoms in total. The molecule has 3 aromatic rings. The molecular formula is C33H42FN3O5S. The summed E-state index contributed by atoms with van der Waals surface area (Å²) in [5, 5.41) is 2.99. The van der Waals surface area contributed by atoms with Crippen molar-refractivity contribution in [3.63, 3.8) is 0 Å². The molecule has 0 saturated carbocycles. The number of anilines is 1. The number of halogens is 1. The Morgan fingerprint density at radius 3 is 2.21 bits per heavy atom. The van der Waals surface area contributed by atoms with Crippen LogP contribution in [-0.4, -0.2) is 56.6 Å². The van der Waals surface area contributed by atoms with Gasteiger partial charge in [-0.05, 0) is 62.6 Å². The van der Waals surface area contributed by atoms with Gasteiger partial charge in [-0.25, -0.2) is 12.8 Å². The topological polar surface area (TPSA) is 96.0 Å². The van der Waals surface area contributed by atoms with E-state index in [0.29, 0.717) is 24.5 Å². The Morgan fingerprint density at radius 2 is 1.60 bits per heavy atom. The maximum atomic E-state index is 14.8. The van der Waals surface area contributed by atoms with Gasteiger partial charge < -0.3 is 15.0 Å². The number of carbonyl (C=O) groups excluding carboxylic acids is 2. The van der Waals surface area contributed by atoms with Crippen LogP contribution < -0.4 is 14.4 Å². The molecule has 0 aliphatic rings. The number of ether oxygens (including phenoxy) is 1. The number of hydrogen-bond acceptors (Lipinski definition) is 5. The first-order valence-electron chi connectivity index (χ1n) is 14.6. The third-order valence-electron chi connectivity index (χ3n) is 7.16. The van der Waals surface area contributed by atoms with Gasteiger partial charge in [0.2, 0.25) is 21.8 Å². The molecule has 43 heavy (non-hydrogen) atoms. The average Bonchev–Trinajstić information content (AvgIpc) is 2.98. The van der Waals surface area contributed by atoms with Crippen LogP contribution >= 0.6 is 0 Å². The van der Waals surface area contributed by atoms with Crippen molar-refractivity contribution in [1.82, 2.24) is 10.2 Å². The van der Waals surface area contributed by atoms with Crippen LogP contribution in [0.1, 0.15) is 51.2 Å². The fourth-order valence-electron chi connectivity index (χ4n) is 4.68. The second-order valence-electron chi connectivity index (χ2n) is 10.5. The van der Waals surface area contributed by atoms with Crippen molar-refractivity contribution < 1.29 is 27.1 Å². The molecule has 0 fully saturated rings. The van der Waals surface area contributed by atoms with Gasteiger partial charge >= 0.3 is 0 Å². The summed E-state index contributed by atoms with van der Waals surface area (Å²) in [5.74, 6) is -0.544. The average molecular weight is 612 g/mol. The highest BCUT2D eigenvalue weighted by atomic mass is 32.2. The van der Waals surface area contributed by atoms with E-state index in [1.165, 1.54) is 15.3 Å². The van der Waals surface area contributed by atoms with E-state index in [1.807, 2.05) is 51.1 Å². The van der Waals surface area contributed by atoms with Crippen LogP contribution in [0.3, 0.4) is 0 Å². The Hall–Kier alpha value is -3.92. The van der Waals surface area contributed by atoms with Crippen LogP contribution in [0.2, 0.25) is 0 Å². The maximum absolute atomic E-state index is 14.8. The van der Waals surface area contributed by atoms with Crippen LogP contribution in [0.4, 0.5) is 10.1 Å². The molecule has 3 rings (SSSR count). The summed E-state index contributed by atoms with van der Waals surface area (Å²) < 4.78 is 46.8. The lowest BCUT2D eigenvalue weighted by Gasteiger charge is -2.33. The summed E-state index contributed by atoms with van der Waals surface area (Å²) in [6.45, 7) is 6.14. The molecule has 0 aliphatic carbocycles. The first-order valence-corrected chi connectivity index (χ1v) is 16.5. The summed E-state index contributed by atoms with van der Waals surface area (Å²) >= 11 is 0. The van der Waals surface area contributed by atoms with Gasteiger partial charge in [-0.2, -0.15) is 0 Å². The van der Waals surface area contributed by atoms with Crippen molar-refractivity contribution in [3.05, 3.63) is 95.8 Å². The molecule has 0 aliphatic heterocycles. The number of hydrogen-bond donors (Lipinski definition) is 1. The SMILES string of the molecule is CCOc1ccc(N(CCCC(=O)N(Cc2ccccc2F)[C@H](Cc2ccccc2)C(=O)N[C@@H](C)CC)S(C)(=O)=O)cc1. The molecule has 2 amide bonds. The van der Waals surface area contributed by atoms with Crippen molar-refractivity contribution in [1.29, 1.82) is 0 Å². The van der Waals surface area contributed by atoms with Gasteiger partial charge in [-0.15, -0.1) is 0 Å². The second-order valence-corrected chi connectivity index (χ2v) is 12.4. The maximum Gasteiger partial charge on any atom is 0.243 e. The van der Waals surface area contributed by atoms with Crippen LogP contribution in [-0.2, 0) is 32.6 Å². The Balaban J connectivity index is 1.88. The van der Waals surface area contributed by atoms with Gasteiger partial charge in [0, 0.05) is 37.5 Å². The van der Waals surface area contributed by atoms with Gasteiger partial charge in [0.05, 0.1) is 18.6 Å². The largest absolute Gasteiger partial charge is 0.494 e. The lowest BCUT2D eigenvalue weighted by molar-refractivity contribution is -0.141. The Bertz CT molecular complexity index is 1430. The predicted octanol–water partition coefficient (Wildman–Crippen LogP) is 5.33. The molecule has 232 valence electrons. The molecule has 3 aromatic carbocycles. The van der Waals surface area contributed by atoms with Gasteiger partial charge in [0.15, 0.2) is 0 Å². The molecule has 0 radical (unpaired) electrons. The van der Waals surface area contributed by atoms with Crippen molar-refractivity contribution in [2.75, 3.05) is 23.7 Å². The number of rotatable bonds is 16. The molecule has 0 unspecified atom stereocenters. The molecule has 2 atom stereocenters. The van der Waals surface area contributed by atoms with Crippen LogP contribution in [0, 0.1) is 5.82 Å². The smallest absolute Gasteiger partial charge is 0.243 e. The zero-order valence-electron chi connectivity index (χ0n) is 25.3. The molecule has 0 saturated heterocycles. The number of benzene rings is 3. The van der Waals surface area contributed by atoms with Gasteiger partial charge in [0.1, 0.15) is 17.6 Å². The third kappa shape index (κ3) is 10.1. The quantitative estimate of drug-likeness (QED) is 0.236. The lowest BCUT2D eigenvalue weighted by atomic mass is 10.0. The summed E-state index contributed by atoms with van der Waals surface area (Å²) in [4.78, 5) is 28.9. The first-order chi connectivity index (χ1) is 20.5. The fraction of sp³-hybridized carbons (Fsp3) is 0.394. The van der Waals surface area contributed by atoms with E-state index in [0.717, 1.165) is 11.8 Å². The third-order valence-corrected chi connectivity index (χ3v) is 8.35. The summed E-state index contributed by atoms with van der Waals surface area (Å²) in [6.07, 6.45) is 2.21. The van der Waals surface area contributed by atoms with E-state index < -0.39 is 21.9 Å². The minimum absolute atomic E-state index is 0.0423. The molecule has 0 bridgehead atoms. The summed E-state index contributed by atoms with van der Waals surface area (Å²) in [5.41, 5.74) is 1.60. The Kier molecular flexibility index (Phi) is 12.5. The zero-order chi connectivity index (χ0) is 31.4. The van der Waals surface area contributed by atoms with Gasteiger partial charge in [-0.1, -0.05) is 55.5 Å². The monoisotopic (exact) mass is 611 g/mol. The van der Waals surface area contributed by atoms with Crippen LogP contribution in [0.25, 0.3) is 0 Å². The van der Waals surface area contributed by atoms with Crippen molar-refractivity contribution in [2.24, 2.45) is 0 Å². The highest BCUT2D eigenvalue weighted by Gasteiger charge is 2.31. The van der Waals surface area contributed by atoms with E-state index >= 15 is 0 Å². The zero-order valence-corrected chi connectivity index (χ0v) is 26.1. The van der Waals surface area contributed by atoms with E-state index in [-0.39, 0.29) is 55.8 Å². The van der Waals surface area contributed by atoms with Gasteiger partial charge in [-0.3, -0.25) is 13.9 Å². The summed E-state index contributed by atoms with van der Waals surface area (Å²) in [6, 6.07) is 21.2. The van der Waals surface area contributed by atoms with Crippen molar-refractivity contribution in [2.45, 2.75) is 65.1 Å². The summed E-state index contributed by atoms with van der Waals surface area (Å²) in [7, 11) is -3.65. The standard InChI is InChI=1S/C33H42FN3O5S/c1-5-25(3)35-33(39)31(23-26-13-8-7-9-14-26)36(24-27-15-10-11-16-30(27)34)32(38)17-12-22-37(43(4,40)41)28-18-20-29(21-19-28)42-6-2/h7-11,13-16,18-21,25,31H,5-6,12,17,22-24H2,1-4H3,(H,35,39)/t25-,31+/m0/s1. The number of nitrogens with zero attached hydrogens (tertiary/aromatic N) is 2. The van der Waals surface area contributed by atoms with E-state index in [9.17, 15) is 22.4 Å². The van der Waals surface area contributed by atoms with Gasteiger partial charge in [0.25, 0.3) is 0 Å². The normalized spacial score (nSPS) is 12.7. The molecule has 1 N–H and O–H groups in total. The molecule has 0 spiro atoms. The number of nitrogens with one attached hydrogen (secondary N) is 1. The molecule has 0 heterocycles. The number of sulfonamides is 1. The molecular weight excluding hydrogens is 569 g/mol. The lowest BCUT2D eigenvalue weighted by Crippen LogP contribution is -2.52. The first kappa shape index (κ1) is 33.6. The highest BCUT2D eigenvalue weighted by Crippen LogP contribution is 2.23. The minimum Gasteiger partial charge on any atom is -0.494 e. The van der Waals surface area contributed by atoms with Crippen LogP contribution in [0.5, 0.6) is 5.75 Å². The number of amides is 2. The Morgan fingerprint density at radius 1 is 0.953 bits per heavy atom. The van der Waals surface area contributed by atoms with Crippen molar-refractivity contribution >= 4 is 27.5 Å². The molecule has 10 heteroatoms. The Labute approximate surface area is 254 Å².